The fourth-order valence-corrected chi connectivity index (χ4v) is 4.01. The van der Waals surface area contributed by atoms with Crippen molar-refractivity contribution in [3.05, 3.63) is 131 Å². The van der Waals surface area contributed by atoms with Gasteiger partial charge in [0.15, 0.2) is 11.5 Å². The SMILES string of the molecule is O=C(NCc1ccccc1)C(=O)[C@H](Cc1ccccc1)NC(=O)/C(=C/c1ccc(O)c(O)c1)c1ccccc1. The van der Waals surface area contributed by atoms with Crippen molar-refractivity contribution in [1.82, 2.24) is 10.6 Å². The van der Waals surface area contributed by atoms with Crippen LogP contribution in [0.15, 0.2) is 109 Å². The first-order valence-corrected chi connectivity index (χ1v) is 12.4. The zero-order chi connectivity index (χ0) is 27.6. The molecule has 7 nitrogen and oxygen atoms in total. The van der Waals surface area contributed by atoms with E-state index in [4.69, 9.17) is 0 Å². The molecular formula is C32H28N2O5. The monoisotopic (exact) mass is 520 g/mol. The van der Waals surface area contributed by atoms with E-state index in [0.717, 1.165) is 11.1 Å². The van der Waals surface area contributed by atoms with Gasteiger partial charge in [-0.3, -0.25) is 14.4 Å². The third-order valence-corrected chi connectivity index (χ3v) is 6.06. The number of phenolic OH excluding ortho intramolecular Hbond substituents is 2. The van der Waals surface area contributed by atoms with Crippen molar-refractivity contribution < 1.29 is 24.6 Å². The average molecular weight is 521 g/mol. The molecule has 196 valence electrons. The Morgan fingerprint density at radius 1 is 0.692 bits per heavy atom. The van der Waals surface area contributed by atoms with Gasteiger partial charge >= 0.3 is 0 Å². The van der Waals surface area contributed by atoms with Crippen LogP contribution in [-0.4, -0.2) is 33.9 Å². The molecule has 0 saturated carbocycles. The highest BCUT2D eigenvalue weighted by molar-refractivity contribution is 6.39. The van der Waals surface area contributed by atoms with E-state index in [-0.39, 0.29) is 30.0 Å². The largest absolute Gasteiger partial charge is 0.504 e. The van der Waals surface area contributed by atoms with Crippen LogP contribution in [0, 0.1) is 0 Å². The molecule has 2 amide bonds. The summed E-state index contributed by atoms with van der Waals surface area (Å²) in [6.45, 7) is 0.178. The number of ketones is 1. The molecule has 0 aliphatic carbocycles. The van der Waals surface area contributed by atoms with E-state index in [0.29, 0.717) is 11.1 Å². The topological polar surface area (TPSA) is 116 Å². The maximum absolute atomic E-state index is 13.6. The maximum atomic E-state index is 13.6. The van der Waals surface area contributed by atoms with Gasteiger partial charge in [0.25, 0.3) is 11.8 Å². The minimum Gasteiger partial charge on any atom is -0.504 e. The molecule has 7 heteroatoms. The zero-order valence-electron chi connectivity index (χ0n) is 21.1. The smallest absolute Gasteiger partial charge is 0.289 e. The van der Waals surface area contributed by atoms with Crippen LogP contribution in [-0.2, 0) is 27.3 Å². The molecule has 4 rings (SSSR count). The fourth-order valence-electron chi connectivity index (χ4n) is 4.01. The van der Waals surface area contributed by atoms with Gasteiger partial charge < -0.3 is 20.8 Å². The Hall–Kier alpha value is -5.17. The van der Waals surface area contributed by atoms with E-state index in [1.165, 1.54) is 12.1 Å². The Bertz CT molecular complexity index is 1470. The van der Waals surface area contributed by atoms with Gasteiger partial charge in [-0.05, 0) is 40.5 Å². The number of aromatic hydroxyl groups is 2. The quantitative estimate of drug-likeness (QED) is 0.108. The highest BCUT2D eigenvalue weighted by atomic mass is 16.3. The number of carbonyl (C=O) groups is 3. The van der Waals surface area contributed by atoms with E-state index in [9.17, 15) is 24.6 Å². The molecule has 0 spiro atoms. The molecule has 1 atom stereocenters. The van der Waals surface area contributed by atoms with Crippen LogP contribution in [0.25, 0.3) is 11.6 Å². The molecule has 4 N–H and O–H groups in total. The minimum atomic E-state index is -1.13. The summed E-state index contributed by atoms with van der Waals surface area (Å²) >= 11 is 0. The highest BCUT2D eigenvalue weighted by Gasteiger charge is 2.28. The Morgan fingerprint density at radius 3 is 1.90 bits per heavy atom. The molecule has 0 fully saturated rings. The Labute approximate surface area is 226 Å². The Kier molecular flexibility index (Phi) is 8.87. The lowest BCUT2D eigenvalue weighted by atomic mass is 9.98. The van der Waals surface area contributed by atoms with E-state index in [1.54, 1.807) is 36.4 Å². The van der Waals surface area contributed by atoms with Gasteiger partial charge in [-0.15, -0.1) is 0 Å². The molecular weight excluding hydrogens is 492 g/mol. The highest BCUT2D eigenvalue weighted by Crippen LogP contribution is 2.27. The van der Waals surface area contributed by atoms with Gasteiger partial charge in [0, 0.05) is 18.5 Å². The van der Waals surface area contributed by atoms with Crippen LogP contribution >= 0.6 is 0 Å². The molecule has 0 bridgehead atoms. The summed E-state index contributed by atoms with van der Waals surface area (Å²) in [6.07, 6.45) is 1.66. The normalized spacial score (nSPS) is 11.8. The summed E-state index contributed by atoms with van der Waals surface area (Å²) < 4.78 is 0. The van der Waals surface area contributed by atoms with Gasteiger partial charge in [-0.25, -0.2) is 0 Å². The number of amides is 2. The zero-order valence-corrected chi connectivity index (χ0v) is 21.1. The van der Waals surface area contributed by atoms with Crippen molar-refractivity contribution in [2.75, 3.05) is 0 Å². The third kappa shape index (κ3) is 7.42. The molecule has 0 saturated heterocycles. The van der Waals surface area contributed by atoms with Crippen LogP contribution in [0.1, 0.15) is 22.3 Å². The number of benzene rings is 4. The van der Waals surface area contributed by atoms with Crippen molar-refractivity contribution in [2.45, 2.75) is 19.0 Å². The second-order valence-corrected chi connectivity index (χ2v) is 8.92. The van der Waals surface area contributed by atoms with Crippen molar-refractivity contribution in [2.24, 2.45) is 0 Å². The number of hydrogen-bond acceptors (Lipinski definition) is 5. The number of hydrogen-bond donors (Lipinski definition) is 4. The second-order valence-electron chi connectivity index (χ2n) is 8.92. The second kappa shape index (κ2) is 12.9. The van der Waals surface area contributed by atoms with Crippen molar-refractivity contribution >= 4 is 29.2 Å². The Morgan fingerprint density at radius 2 is 1.28 bits per heavy atom. The van der Waals surface area contributed by atoms with Crippen LogP contribution in [0.3, 0.4) is 0 Å². The maximum Gasteiger partial charge on any atom is 0.289 e. The minimum absolute atomic E-state index is 0.117. The summed E-state index contributed by atoms with van der Waals surface area (Å²) in [5, 5.41) is 25.0. The van der Waals surface area contributed by atoms with E-state index >= 15 is 0 Å². The molecule has 4 aromatic rings. The standard InChI is InChI=1S/C32H28N2O5/c35-28-17-16-24(20-29(28)36)18-26(25-14-8-3-9-15-25)31(38)34-27(19-22-10-4-1-5-11-22)30(37)32(39)33-21-23-12-6-2-7-13-23/h1-18,20,27,35-36H,19,21H2,(H,33,39)(H,34,38)/b26-18+/t27-/m0/s1. The van der Waals surface area contributed by atoms with Crippen molar-refractivity contribution in [1.29, 1.82) is 0 Å². The summed E-state index contributed by atoms with van der Waals surface area (Å²) in [7, 11) is 0. The number of rotatable bonds is 10. The lowest BCUT2D eigenvalue weighted by Gasteiger charge is -2.19. The molecule has 4 aromatic carbocycles. The number of Topliss-reactive ketones (excluding diaryl/α,β-unsaturated/α-hetero) is 1. The third-order valence-electron chi connectivity index (χ3n) is 6.06. The number of nitrogens with one attached hydrogen (secondary N) is 2. The molecule has 0 heterocycles. The van der Waals surface area contributed by atoms with Gasteiger partial charge in [0.2, 0.25) is 5.78 Å². The fraction of sp³-hybridized carbons (Fsp3) is 0.0938. The van der Waals surface area contributed by atoms with Gasteiger partial charge in [0.1, 0.15) is 6.04 Å². The van der Waals surface area contributed by atoms with Gasteiger partial charge in [-0.1, -0.05) is 97.1 Å². The van der Waals surface area contributed by atoms with Gasteiger partial charge in [0.05, 0.1) is 0 Å². The van der Waals surface area contributed by atoms with Crippen LogP contribution in [0.4, 0.5) is 0 Å². The predicted molar refractivity (Wildman–Crippen MR) is 149 cm³/mol. The summed E-state index contributed by atoms with van der Waals surface area (Å²) in [5.41, 5.74) is 2.87. The Balaban J connectivity index is 1.61. The van der Waals surface area contributed by atoms with E-state index < -0.39 is 23.6 Å². The lowest BCUT2D eigenvalue weighted by Crippen LogP contribution is -2.48. The average Bonchev–Trinajstić information content (AvgIpc) is 2.97. The molecule has 39 heavy (non-hydrogen) atoms. The first kappa shape index (κ1) is 26.9. The first-order chi connectivity index (χ1) is 18.9. The van der Waals surface area contributed by atoms with Crippen molar-refractivity contribution in [3.63, 3.8) is 0 Å². The summed E-state index contributed by atoms with van der Waals surface area (Å²) in [6, 6.07) is 30.3. The summed E-state index contributed by atoms with van der Waals surface area (Å²) in [4.78, 5) is 39.8. The molecule has 0 unspecified atom stereocenters. The van der Waals surface area contributed by atoms with Gasteiger partial charge in [-0.2, -0.15) is 0 Å². The van der Waals surface area contributed by atoms with E-state index in [2.05, 4.69) is 10.6 Å². The molecule has 0 radical (unpaired) electrons. The van der Waals surface area contributed by atoms with Crippen molar-refractivity contribution in [3.8, 4) is 11.5 Å². The molecule has 0 aliphatic heterocycles. The predicted octanol–water partition coefficient (Wildman–Crippen LogP) is 4.25. The summed E-state index contributed by atoms with van der Waals surface area (Å²) in [5.74, 6) is -2.75. The molecule has 0 aliphatic rings. The van der Waals surface area contributed by atoms with E-state index in [1.807, 2.05) is 66.7 Å². The first-order valence-electron chi connectivity index (χ1n) is 12.4. The van der Waals surface area contributed by atoms with Crippen LogP contribution in [0.2, 0.25) is 0 Å². The van der Waals surface area contributed by atoms with Crippen LogP contribution < -0.4 is 10.6 Å². The number of carbonyl (C=O) groups excluding carboxylic acids is 3. The molecule has 0 aromatic heterocycles. The lowest BCUT2D eigenvalue weighted by molar-refractivity contribution is -0.139. The number of phenols is 2. The van der Waals surface area contributed by atoms with Crippen LogP contribution in [0.5, 0.6) is 11.5 Å².